The third-order valence-corrected chi connectivity index (χ3v) is 3.61. The van der Waals surface area contributed by atoms with E-state index in [1.807, 2.05) is 35.7 Å². The van der Waals surface area contributed by atoms with Gasteiger partial charge in [-0.1, -0.05) is 18.2 Å². The number of carbonyl (C=O) groups excluding carboxylic acids is 1. The molecular weight excluding hydrogens is 258 g/mol. The maximum absolute atomic E-state index is 11.9. The average Bonchev–Trinajstić information content (AvgIpc) is 3.12. The maximum atomic E-state index is 11.9. The number of benzene rings is 1. The van der Waals surface area contributed by atoms with Crippen molar-refractivity contribution in [2.24, 2.45) is 0 Å². The average molecular weight is 269 g/mol. The van der Waals surface area contributed by atoms with Crippen molar-refractivity contribution in [3.63, 3.8) is 0 Å². The second-order valence-corrected chi connectivity index (χ2v) is 4.92. The van der Waals surface area contributed by atoms with Crippen LogP contribution in [0.4, 0.5) is 5.82 Å². The van der Waals surface area contributed by atoms with Gasteiger partial charge in [-0.15, -0.1) is 11.3 Å². The number of aromatic amines is 1. The van der Waals surface area contributed by atoms with E-state index in [0.29, 0.717) is 11.4 Å². The molecule has 0 aliphatic carbocycles. The van der Waals surface area contributed by atoms with Gasteiger partial charge in [0.05, 0.1) is 0 Å². The third kappa shape index (κ3) is 2.56. The molecule has 5 heteroatoms. The molecule has 0 aliphatic rings. The largest absolute Gasteiger partial charge is 0.305 e. The summed E-state index contributed by atoms with van der Waals surface area (Å²) in [6.07, 6.45) is 1.66. The molecule has 0 spiro atoms. The van der Waals surface area contributed by atoms with Gasteiger partial charge in [-0.25, -0.2) is 0 Å². The molecule has 0 bridgehead atoms. The van der Waals surface area contributed by atoms with E-state index in [4.69, 9.17) is 0 Å². The molecule has 94 valence electrons. The zero-order valence-electron chi connectivity index (χ0n) is 9.96. The number of rotatable bonds is 3. The van der Waals surface area contributed by atoms with Gasteiger partial charge in [0.25, 0.3) is 5.91 Å². The van der Waals surface area contributed by atoms with Crippen LogP contribution in [-0.4, -0.2) is 16.1 Å². The Kier molecular flexibility index (Phi) is 3.12. The van der Waals surface area contributed by atoms with Crippen LogP contribution < -0.4 is 5.32 Å². The molecule has 0 radical (unpaired) electrons. The van der Waals surface area contributed by atoms with Crippen LogP contribution in [0.15, 0.2) is 54.0 Å². The first-order valence-electron chi connectivity index (χ1n) is 5.78. The van der Waals surface area contributed by atoms with Crippen LogP contribution in [-0.2, 0) is 0 Å². The lowest BCUT2D eigenvalue weighted by atomic mass is 10.1. The van der Waals surface area contributed by atoms with Gasteiger partial charge in [-0.05, 0) is 29.1 Å². The number of amides is 1. The number of nitrogens with one attached hydrogen (secondary N) is 2. The Balaban J connectivity index is 1.77. The molecule has 19 heavy (non-hydrogen) atoms. The summed E-state index contributed by atoms with van der Waals surface area (Å²) in [5.41, 5.74) is 1.73. The zero-order valence-corrected chi connectivity index (χ0v) is 10.8. The van der Waals surface area contributed by atoms with Crippen LogP contribution in [0.5, 0.6) is 0 Å². The van der Waals surface area contributed by atoms with E-state index in [2.05, 4.69) is 21.6 Å². The van der Waals surface area contributed by atoms with Crippen LogP contribution in [0, 0.1) is 0 Å². The van der Waals surface area contributed by atoms with Gasteiger partial charge >= 0.3 is 0 Å². The minimum absolute atomic E-state index is 0.162. The lowest BCUT2D eigenvalue weighted by molar-refractivity contribution is 0.102. The molecule has 3 rings (SSSR count). The Hall–Kier alpha value is -2.40. The van der Waals surface area contributed by atoms with E-state index < -0.39 is 0 Å². The normalized spacial score (nSPS) is 10.3. The quantitative estimate of drug-likeness (QED) is 0.765. The number of hydrogen-bond acceptors (Lipinski definition) is 3. The fraction of sp³-hybridized carbons (Fsp3) is 0. The Morgan fingerprint density at radius 3 is 2.63 bits per heavy atom. The van der Waals surface area contributed by atoms with E-state index in [0.717, 1.165) is 5.56 Å². The lowest BCUT2D eigenvalue weighted by Crippen LogP contribution is -2.11. The Morgan fingerprint density at radius 2 is 2.00 bits per heavy atom. The lowest BCUT2D eigenvalue weighted by Gasteiger charge is -2.03. The Bertz CT molecular complexity index is 657. The summed E-state index contributed by atoms with van der Waals surface area (Å²) >= 11 is 1.68. The van der Waals surface area contributed by atoms with Crippen molar-refractivity contribution in [1.82, 2.24) is 10.2 Å². The van der Waals surface area contributed by atoms with E-state index in [1.54, 1.807) is 23.6 Å². The molecule has 0 saturated heterocycles. The van der Waals surface area contributed by atoms with Crippen molar-refractivity contribution >= 4 is 23.1 Å². The number of carbonyl (C=O) groups is 1. The van der Waals surface area contributed by atoms with Crippen LogP contribution in [0.25, 0.3) is 10.4 Å². The monoisotopic (exact) mass is 269 g/mol. The number of hydrogen-bond donors (Lipinski definition) is 2. The van der Waals surface area contributed by atoms with Crippen LogP contribution in [0.3, 0.4) is 0 Å². The van der Waals surface area contributed by atoms with E-state index >= 15 is 0 Å². The van der Waals surface area contributed by atoms with Crippen molar-refractivity contribution in [3.05, 3.63) is 59.6 Å². The third-order valence-electron chi connectivity index (χ3n) is 2.70. The number of thiophene rings is 1. The number of nitrogens with zero attached hydrogens (tertiary/aromatic N) is 1. The van der Waals surface area contributed by atoms with Crippen LogP contribution >= 0.6 is 11.3 Å². The highest BCUT2D eigenvalue weighted by atomic mass is 32.1. The summed E-state index contributed by atoms with van der Waals surface area (Å²) in [4.78, 5) is 13.1. The van der Waals surface area contributed by atoms with Crippen molar-refractivity contribution in [3.8, 4) is 10.4 Å². The van der Waals surface area contributed by atoms with E-state index in [-0.39, 0.29) is 5.91 Å². The fourth-order valence-corrected chi connectivity index (χ4v) is 2.48. The predicted octanol–water partition coefficient (Wildman–Crippen LogP) is 3.39. The van der Waals surface area contributed by atoms with Gasteiger partial charge in [0.2, 0.25) is 0 Å². The summed E-state index contributed by atoms with van der Waals surface area (Å²) in [5.74, 6) is 0.358. The first kappa shape index (κ1) is 11.7. The van der Waals surface area contributed by atoms with Gasteiger partial charge in [0.1, 0.15) is 0 Å². The highest BCUT2D eigenvalue weighted by Crippen LogP contribution is 2.24. The number of aromatic nitrogens is 2. The second-order valence-electron chi connectivity index (χ2n) is 3.97. The summed E-state index contributed by atoms with van der Waals surface area (Å²) in [6, 6.07) is 13.3. The summed E-state index contributed by atoms with van der Waals surface area (Å²) in [7, 11) is 0. The van der Waals surface area contributed by atoms with E-state index in [9.17, 15) is 4.79 Å². The summed E-state index contributed by atoms with van der Waals surface area (Å²) < 4.78 is 0. The first-order chi connectivity index (χ1) is 9.33. The van der Waals surface area contributed by atoms with E-state index in [1.165, 1.54) is 4.88 Å². The number of H-pyrrole nitrogens is 1. The molecule has 2 N–H and O–H groups in total. The molecule has 4 nitrogen and oxygen atoms in total. The fourth-order valence-electron chi connectivity index (χ4n) is 1.75. The molecule has 3 aromatic rings. The highest BCUT2D eigenvalue weighted by molar-refractivity contribution is 7.13. The van der Waals surface area contributed by atoms with Gasteiger partial charge in [0, 0.05) is 22.7 Å². The zero-order chi connectivity index (χ0) is 13.1. The van der Waals surface area contributed by atoms with Crippen molar-refractivity contribution in [2.45, 2.75) is 0 Å². The molecule has 0 unspecified atom stereocenters. The van der Waals surface area contributed by atoms with Gasteiger partial charge in [-0.2, -0.15) is 5.10 Å². The smallest absolute Gasteiger partial charge is 0.256 e. The first-order valence-corrected chi connectivity index (χ1v) is 6.66. The Labute approximate surface area is 114 Å². The second kappa shape index (κ2) is 5.07. The molecule has 0 atom stereocenters. The molecule has 1 aromatic carbocycles. The minimum atomic E-state index is -0.162. The maximum Gasteiger partial charge on any atom is 0.256 e. The summed E-state index contributed by atoms with van der Waals surface area (Å²) in [6.45, 7) is 0. The van der Waals surface area contributed by atoms with Crippen molar-refractivity contribution in [2.75, 3.05) is 5.32 Å². The molecule has 0 fully saturated rings. The molecule has 0 aliphatic heterocycles. The molecular formula is C14H11N3OS. The molecule has 0 saturated carbocycles. The van der Waals surface area contributed by atoms with Gasteiger partial charge in [0.15, 0.2) is 5.82 Å². The van der Waals surface area contributed by atoms with Crippen LogP contribution in [0.1, 0.15) is 10.4 Å². The molecule has 2 heterocycles. The standard InChI is InChI=1S/C14H11N3OS/c18-14(16-13-7-8-15-17-13)11-5-3-10(4-6-11)12-2-1-9-19-12/h1-9H,(H2,15,16,17,18). The van der Waals surface area contributed by atoms with Crippen molar-refractivity contribution < 1.29 is 4.79 Å². The highest BCUT2D eigenvalue weighted by Gasteiger charge is 2.07. The number of anilines is 1. The topological polar surface area (TPSA) is 57.8 Å². The minimum Gasteiger partial charge on any atom is -0.305 e. The SMILES string of the molecule is O=C(Nc1cc[nH]n1)c1ccc(-c2cccs2)cc1. The van der Waals surface area contributed by atoms with Gasteiger partial charge < -0.3 is 5.32 Å². The molecule has 2 aromatic heterocycles. The predicted molar refractivity (Wildman–Crippen MR) is 76.3 cm³/mol. The van der Waals surface area contributed by atoms with Gasteiger partial charge in [-0.3, -0.25) is 9.89 Å². The van der Waals surface area contributed by atoms with Crippen LogP contribution in [0.2, 0.25) is 0 Å². The van der Waals surface area contributed by atoms with Crippen molar-refractivity contribution in [1.29, 1.82) is 0 Å². The molecule has 1 amide bonds. The Morgan fingerprint density at radius 1 is 1.16 bits per heavy atom. The summed E-state index contributed by atoms with van der Waals surface area (Å²) in [5, 5.41) is 11.3.